The van der Waals surface area contributed by atoms with E-state index in [-0.39, 0.29) is 0 Å². The molecule has 0 atom stereocenters. The lowest BCUT2D eigenvalue weighted by Crippen LogP contribution is -2.19. The highest BCUT2D eigenvalue weighted by Crippen LogP contribution is 2.14. The molecule has 0 bridgehead atoms. The van der Waals surface area contributed by atoms with Crippen LogP contribution in [0.15, 0.2) is 48.5 Å². The Hall–Kier alpha value is -2.49. The average molecular weight is 241 g/mol. The normalized spacial score (nSPS) is 10.0. The molecule has 0 fully saturated rings. The van der Waals surface area contributed by atoms with Gasteiger partial charge in [-0.1, -0.05) is 24.3 Å². The molecule has 0 unspecified atom stereocenters. The third kappa shape index (κ3) is 3.25. The molecule has 5 N–H and O–H groups in total. The topological polar surface area (TPSA) is 81.1 Å². The third-order valence-electron chi connectivity index (χ3n) is 2.61. The summed E-state index contributed by atoms with van der Waals surface area (Å²) in [5.74, 6) is 0. The highest BCUT2D eigenvalue weighted by Gasteiger charge is 1.98. The average Bonchev–Trinajstić information content (AvgIpc) is 2.34. The zero-order valence-electron chi connectivity index (χ0n) is 9.89. The highest BCUT2D eigenvalue weighted by atomic mass is 16.2. The van der Waals surface area contributed by atoms with Gasteiger partial charge in [-0.25, -0.2) is 4.79 Å². The molecule has 0 aromatic heterocycles. The quantitative estimate of drug-likeness (QED) is 0.721. The Kier molecular flexibility index (Phi) is 3.48. The number of urea groups is 1. The summed E-state index contributed by atoms with van der Waals surface area (Å²) in [6.07, 6.45) is 0.830. The standard InChI is InChI=1S/C14H15N3O/c15-12-5-1-10(2-6-12)9-11-3-7-13(8-4-11)17-14(16)18/h1-8H,9,15H2,(H3,16,17,18). The van der Waals surface area contributed by atoms with Crippen molar-refractivity contribution < 1.29 is 4.79 Å². The van der Waals surface area contributed by atoms with Gasteiger partial charge in [0.2, 0.25) is 0 Å². The number of anilines is 2. The fourth-order valence-electron chi connectivity index (χ4n) is 1.72. The minimum atomic E-state index is -0.554. The SMILES string of the molecule is NC(=O)Nc1ccc(Cc2ccc(N)cc2)cc1. The molecule has 0 aliphatic heterocycles. The molecule has 2 aromatic rings. The van der Waals surface area contributed by atoms with Gasteiger partial charge >= 0.3 is 6.03 Å². The van der Waals surface area contributed by atoms with E-state index < -0.39 is 6.03 Å². The van der Waals surface area contributed by atoms with Crippen molar-refractivity contribution in [2.45, 2.75) is 6.42 Å². The summed E-state index contributed by atoms with van der Waals surface area (Å²) in [7, 11) is 0. The van der Waals surface area contributed by atoms with E-state index in [4.69, 9.17) is 11.5 Å². The Labute approximate surface area is 106 Å². The van der Waals surface area contributed by atoms with Gasteiger partial charge in [-0.15, -0.1) is 0 Å². The molecule has 2 amide bonds. The minimum Gasteiger partial charge on any atom is -0.399 e. The van der Waals surface area contributed by atoms with Crippen LogP contribution in [0.4, 0.5) is 16.2 Å². The maximum absolute atomic E-state index is 10.7. The molecule has 0 spiro atoms. The van der Waals surface area contributed by atoms with Crippen molar-refractivity contribution in [1.82, 2.24) is 0 Å². The number of nitrogens with two attached hydrogens (primary N) is 2. The van der Waals surface area contributed by atoms with Crippen LogP contribution in [0.1, 0.15) is 11.1 Å². The monoisotopic (exact) mass is 241 g/mol. The molecular weight excluding hydrogens is 226 g/mol. The summed E-state index contributed by atoms with van der Waals surface area (Å²) < 4.78 is 0. The summed E-state index contributed by atoms with van der Waals surface area (Å²) in [6.45, 7) is 0. The molecule has 0 radical (unpaired) electrons. The second-order valence-electron chi connectivity index (χ2n) is 4.10. The van der Waals surface area contributed by atoms with Crippen LogP contribution in [0.3, 0.4) is 0 Å². The smallest absolute Gasteiger partial charge is 0.316 e. The minimum absolute atomic E-state index is 0.554. The molecule has 4 heteroatoms. The van der Waals surface area contributed by atoms with E-state index in [9.17, 15) is 4.79 Å². The number of carbonyl (C=O) groups excluding carboxylic acids is 1. The molecule has 2 rings (SSSR count). The first-order chi connectivity index (χ1) is 8.63. The third-order valence-corrected chi connectivity index (χ3v) is 2.61. The number of primary amides is 1. The Bertz CT molecular complexity index is 532. The van der Waals surface area contributed by atoms with E-state index >= 15 is 0 Å². The Morgan fingerprint density at radius 3 is 1.94 bits per heavy atom. The Balaban J connectivity index is 2.06. The second kappa shape index (κ2) is 5.23. The lowest BCUT2D eigenvalue weighted by molar-refractivity contribution is 0.259. The number of rotatable bonds is 3. The molecule has 0 heterocycles. The van der Waals surface area contributed by atoms with Gasteiger partial charge in [0.1, 0.15) is 0 Å². The molecule has 4 nitrogen and oxygen atoms in total. The fraction of sp³-hybridized carbons (Fsp3) is 0.0714. The van der Waals surface area contributed by atoms with Gasteiger partial charge in [0.05, 0.1) is 0 Å². The maximum Gasteiger partial charge on any atom is 0.316 e. The van der Waals surface area contributed by atoms with Crippen LogP contribution < -0.4 is 16.8 Å². The first-order valence-electron chi connectivity index (χ1n) is 5.63. The Morgan fingerprint density at radius 2 is 1.44 bits per heavy atom. The second-order valence-corrected chi connectivity index (χ2v) is 4.10. The molecule has 18 heavy (non-hydrogen) atoms. The molecule has 0 saturated heterocycles. The summed E-state index contributed by atoms with van der Waals surface area (Å²) >= 11 is 0. The van der Waals surface area contributed by atoms with Crippen molar-refractivity contribution >= 4 is 17.4 Å². The predicted octanol–water partition coefficient (Wildman–Crippen LogP) is 2.35. The van der Waals surface area contributed by atoms with Crippen molar-refractivity contribution in [2.75, 3.05) is 11.1 Å². The van der Waals surface area contributed by atoms with Crippen LogP contribution in [0.5, 0.6) is 0 Å². The van der Waals surface area contributed by atoms with E-state index in [2.05, 4.69) is 5.32 Å². The first-order valence-corrected chi connectivity index (χ1v) is 5.63. The number of hydrogen-bond donors (Lipinski definition) is 3. The van der Waals surface area contributed by atoms with Crippen LogP contribution in [0.2, 0.25) is 0 Å². The van der Waals surface area contributed by atoms with Gasteiger partial charge in [0.25, 0.3) is 0 Å². The van der Waals surface area contributed by atoms with Gasteiger partial charge in [-0.2, -0.15) is 0 Å². The number of amides is 2. The van der Waals surface area contributed by atoms with Gasteiger partial charge in [-0.3, -0.25) is 0 Å². The van der Waals surface area contributed by atoms with Crippen molar-refractivity contribution in [3.63, 3.8) is 0 Å². The van der Waals surface area contributed by atoms with Crippen LogP contribution in [0.25, 0.3) is 0 Å². The van der Waals surface area contributed by atoms with Gasteiger partial charge in [-0.05, 0) is 41.8 Å². The number of benzene rings is 2. The van der Waals surface area contributed by atoms with Gasteiger partial charge < -0.3 is 16.8 Å². The summed E-state index contributed by atoms with van der Waals surface area (Å²) in [5.41, 5.74) is 14.5. The Morgan fingerprint density at radius 1 is 0.944 bits per heavy atom. The molecule has 0 saturated carbocycles. The molecule has 92 valence electrons. The van der Waals surface area contributed by atoms with Crippen LogP contribution in [-0.2, 0) is 6.42 Å². The first kappa shape index (κ1) is 12.0. The number of carbonyl (C=O) groups is 1. The van der Waals surface area contributed by atoms with E-state index in [0.29, 0.717) is 5.69 Å². The van der Waals surface area contributed by atoms with Crippen LogP contribution >= 0.6 is 0 Å². The van der Waals surface area contributed by atoms with Crippen molar-refractivity contribution in [3.8, 4) is 0 Å². The van der Waals surface area contributed by atoms with Crippen molar-refractivity contribution in [2.24, 2.45) is 5.73 Å². The van der Waals surface area contributed by atoms with E-state index in [1.165, 1.54) is 5.56 Å². The number of nitrogens with one attached hydrogen (secondary N) is 1. The molecular formula is C14H15N3O. The summed E-state index contributed by atoms with van der Waals surface area (Å²) in [6, 6.07) is 14.8. The highest BCUT2D eigenvalue weighted by molar-refractivity contribution is 5.87. The van der Waals surface area contributed by atoms with Gasteiger partial charge in [0.15, 0.2) is 0 Å². The molecule has 0 aliphatic rings. The van der Waals surface area contributed by atoms with E-state index in [1.54, 1.807) is 0 Å². The molecule has 0 aliphatic carbocycles. The zero-order chi connectivity index (χ0) is 13.0. The van der Waals surface area contributed by atoms with Gasteiger partial charge in [0, 0.05) is 11.4 Å². The zero-order valence-corrected chi connectivity index (χ0v) is 9.89. The number of hydrogen-bond acceptors (Lipinski definition) is 2. The predicted molar refractivity (Wildman–Crippen MR) is 73.3 cm³/mol. The van der Waals surface area contributed by atoms with E-state index in [0.717, 1.165) is 17.7 Å². The lowest BCUT2D eigenvalue weighted by atomic mass is 10.0. The summed E-state index contributed by atoms with van der Waals surface area (Å²) in [4.78, 5) is 10.7. The van der Waals surface area contributed by atoms with Crippen LogP contribution in [-0.4, -0.2) is 6.03 Å². The maximum atomic E-state index is 10.7. The number of nitrogen functional groups attached to an aromatic ring is 1. The fourth-order valence-corrected chi connectivity index (χ4v) is 1.72. The largest absolute Gasteiger partial charge is 0.399 e. The van der Waals surface area contributed by atoms with Crippen molar-refractivity contribution in [1.29, 1.82) is 0 Å². The summed E-state index contributed by atoms with van der Waals surface area (Å²) in [5, 5.41) is 2.53. The lowest BCUT2D eigenvalue weighted by Gasteiger charge is -2.05. The van der Waals surface area contributed by atoms with E-state index in [1.807, 2.05) is 48.5 Å². The van der Waals surface area contributed by atoms with Crippen molar-refractivity contribution in [3.05, 3.63) is 59.7 Å². The van der Waals surface area contributed by atoms with Crippen LogP contribution in [0, 0.1) is 0 Å². The molecule has 2 aromatic carbocycles.